The molecule has 0 aliphatic carbocycles. The van der Waals surface area contributed by atoms with Gasteiger partial charge in [0.15, 0.2) is 0 Å². The third-order valence-electron chi connectivity index (χ3n) is 5.74. The molecule has 0 aromatic heterocycles. The molecule has 154 valence electrons. The number of likely N-dealkylation sites (tertiary alicyclic amines) is 1. The highest BCUT2D eigenvalue weighted by molar-refractivity contribution is 5.93. The van der Waals surface area contributed by atoms with Gasteiger partial charge >= 0.3 is 0 Å². The predicted molar refractivity (Wildman–Crippen MR) is 114 cm³/mol. The molecule has 1 saturated heterocycles. The minimum Gasteiger partial charge on any atom is -0.506 e. The van der Waals surface area contributed by atoms with E-state index in [0.717, 1.165) is 5.56 Å². The first-order valence-electron chi connectivity index (χ1n) is 10.1. The van der Waals surface area contributed by atoms with Gasteiger partial charge in [-0.2, -0.15) is 0 Å². The van der Waals surface area contributed by atoms with Crippen molar-refractivity contribution in [2.45, 2.75) is 25.8 Å². The summed E-state index contributed by atoms with van der Waals surface area (Å²) in [5, 5.41) is 12.6. The summed E-state index contributed by atoms with van der Waals surface area (Å²) < 4.78 is 0. The van der Waals surface area contributed by atoms with Crippen molar-refractivity contribution < 1.29 is 14.7 Å². The van der Waals surface area contributed by atoms with Crippen molar-refractivity contribution in [3.8, 4) is 5.75 Å². The quantitative estimate of drug-likeness (QED) is 0.737. The fraction of sp³-hybridized carbons (Fsp3) is 0.391. The number of aromatic hydroxyl groups is 1. The lowest BCUT2D eigenvalue weighted by molar-refractivity contribution is -0.133. The molecule has 1 fully saturated rings. The summed E-state index contributed by atoms with van der Waals surface area (Å²) in [6.07, 6.45) is 1.40. The van der Waals surface area contributed by atoms with E-state index in [1.165, 1.54) is 0 Å². The summed E-state index contributed by atoms with van der Waals surface area (Å²) >= 11 is 0. The molecule has 1 aliphatic heterocycles. The van der Waals surface area contributed by atoms with Crippen LogP contribution in [0.25, 0.3) is 0 Å². The Morgan fingerprint density at radius 1 is 1.10 bits per heavy atom. The van der Waals surface area contributed by atoms with Gasteiger partial charge in [-0.1, -0.05) is 42.5 Å². The standard InChI is InChI=1S/C23H29N3O3/c1-17(18-8-4-3-5-9-18)25(2)22(28)16-26-14-12-19(13-15-26)23(29)24-20-10-6-7-11-21(20)27/h3-11,17,19,27H,12-16H2,1-2H3,(H,24,29). The number of para-hydroxylation sites is 2. The number of piperidine rings is 1. The summed E-state index contributed by atoms with van der Waals surface area (Å²) in [4.78, 5) is 29.1. The fourth-order valence-corrected chi connectivity index (χ4v) is 3.64. The zero-order valence-electron chi connectivity index (χ0n) is 17.0. The van der Waals surface area contributed by atoms with Gasteiger partial charge in [0, 0.05) is 13.0 Å². The minimum absolute atomic E-state index is 0.0190. The number of hydrogen-bond donors (Lipinski definition) is 2. The third-order valence-corrected chi connectivity index (χ3v) is 5.74. The highest BCUT2D eigenvalue weighted by atomic mass is 16.3. The largest absolute Gasteiger partial charge is 0.506 e. The Hall–Kier alpha value is -2.86. The lowest BCUT2D eigenvalue weighted by atomic mass is 9.95. The molecule has 0 spiro atoms. The summed E-state index contributed by atoms with van der Waals surface area (Å²) in [7, 11) is 1.84. The van der Waals surface area contributed by atoms with E-state index in [4.69, 9.17) is 0 Å². The smallest absolute Gasteiger partial charge is 0.236 e. The van der Waals surface area contributed by atoms with Gasteiger partial charge in [-0.3, -0.25) is 14.5 Å². The summed E-state index contributed by atoms with van der Waals surface area (Å²) in [6.45, 7) is 3.81. The first kappa shape index (κ1) is 20.9. The summed E-state index contributed by atoms with van der Waals surface area (Å²) in [5.74, 6) is -0.0351. The molecule has 1 atom stereocenters. The summed E-state index contributed by atoms with van der Waals surface area (Å²) in [6, 6.07) is 16.7. The molecule has 1 heterocycles. The van der Waals surface area contributed by atoms with Gasteiger partial charge in [-0.05, 0) is 50.6 Å². The lowest BCUT2D eigenvalue weighted by Gasteiger charge is -2.33. The van der Waals surface area contributed by atoms with E-state index >= 15 is 0 Å². The Morgan fingerprint density at radius 3 is 2.38 bits per heavy atom. The van der Waals surface area contributed by atoms with Crippen LogP contribution in [0.4, 0.5) is 5.69 Å². The van der Waals surface area contributed by atoms with Crippen molar-refractivity contribution >= 4 is 17.5 Å². The average Bonchev–Trinajstić information content (AvgIpc) is 2.75. The molecule has 0 saturated carbocycles. The second kappa shape index (κ2) is 9.56. The van der Waals surface area contributed by atoms with E-state index < -0.39 is 0 Å². The molecule has 0 bridgehead atoms. The fourth-order valence-electron chi connectivity index (χ4n) is 3.64. The van der Waals surface area contributed by atoms with E-state index in [1.807, 2.05) is 44.3 Å². The van der Waals surface area contributed by atoms with Gasteiger partial charge in [0.2, 0.25) is 11.8 Å². The average molecular weight is 396 g/mol. The van der Waals surface area contributed by atoms with Gasteiger partial charge in [0.1, 0.15) is 5.75 Å². The lowest BCUT2D eigenvalue weighted by Crippen LogP contribution is -2.44. The number of nitrogens with zero attached hydrogens (tertiary/aromatic N) is 2. The molecule has 2 aromatic carbocycles. The van der Waals surface area contributed by atoms with Crippen LogP contribution in [-0.4, -0.2) is 53.4 Å². The zero-order chi connectivity index (χ0) is 20.8. The monoisotopic (exact) mass is 395 g/mol. The van der Waals surface area contributed by atoms with Crippen molar-refractivity contribution in [2.24, 2.45) is 5.92 Å². The Kier molecular flexibility index (Phi) is 6.88. The Labute approximate surface area is 172 Å². The summed E-state index contributed by atoms with van der Waals surface area (Å²) in [5.41, 5.74) is 1.55. The number of nitrogens with one attached hydrogen (secondary N) is 1. The number of phenolic OH excluding ortho intramolecular Hbond substituents is 1. The van der Waals surface area contributed by atoms with Gasteiger partial charge in [0.25, 0.3) is 0 Å². The first-order chi connectivity index (χ1) is 14.0. The number of carbonyl (C=O) groups is 2. The van der Waals surface area contributed by atoms with Crippen molar-refractivity contribution in [3.63, 3.8) is 0 Å². The maximum absolute atomic E-state index is 12.7. The van der Waals surface area contributed by atoms with Crippen molar-refractivity contribution in [3.05, 3.63) is 60.2 Å². The van der Waals surface area contributed by atoms with E-state index in [9.17, 15) is 14.7 Å². The van der Waals surface area contributed by atoms with Gasteiger partial charge in [0.05, 0.1) is 18.3 Å². The van der Waals surface area contributed by atoms with Crippen LogP contribution in [-0.2, 0) is 9.59 Å². The van der Waals surface area contributed by atoms with Gasteiger partial charge < -0.3 is 15.3 Å². The molecule has 0 radical (unpaired) electrons. The van der Waals surface area contributed by atoms with E-state index in [2.05, 4.69) is 10.2 Å². The molecule has 2 amide bonds. The second-order valence-electron chi connectivity index (χ2n) is 7.65. The maximum Gasteiger partial charge on any atom is 0.236 e. The van der Waals surface area contributed by atoms with Crippen LogP contribution in [0.1, 0.15) is 31.4 Å². The second-order valence-corrected chi connectivity index (χ2v) is 7.65. The number of likely N-dealkylation sites (N-methyl/N-ethyl adjacent to an activating group) is 1. The molecule has 3 rings (SSSR count). The van der Waals surface area contributed by atoms with Crippen LogP contribution < -0.4 is 5.32 Å². The van der Waals surface area contributed by atoms with Crippen molar-refractivity contribution in [2.75, 3.05) is 32.0 Å². The Balaban J connectivity index is 1.47. The number of amides is 2. The van der Waals surface area contributed by atoms with Crippen molar-refractivity contribution in [1.29, 1.82) is 0 Å². The van der Waals surface area contributed by atoms with E-state index in [0.29, 0.717) is 38.2 Å². The van der Waals surface area contributed by atoms with Crippen LogP contribution >= 0.6 is 0 Å². The number of benzene rings is 2. The van der Waals surface area contributed by atoms with Crippen molar-refractivity contribution in [1.82, 2.24) is 9.80 Å². The third kappa shape index (κ3) is 5.35. The zero-order valence-corrected chi connectivity index (χ0v) is 17.0. The van der Waals surface area contributed by atoms with Gasteiger partial charge in [-0.25, -0.2) is 0 Å². The molecule has 2 aromatic rings. The highest BCUT2D eigenvalue weighted by Gasteiger charge is 2.27. The van der Waals surface area contributed by atoms with Crippen LogP contribution in [0, 0.1) is 5.92 Å². The molecule has 2 N–H and O–H groups in total. The maximum atomic E-state index is 12.7. The van der Waals surface area contributed by atoms with E-state index in [1.54, 1.807) is 29.2 Å². The molecular weight excluding hydrogens is 366 g/mol. The van der Waals surface area contributed by atoms with Crippen LogP contribution in [0.3, 0.4) is 0 Å². The number of anilines is 1. The predicted octanol–water partition coefficient (Wildman–Crippen LogP) is 3.26. The van der Waals surface area contributed by atoms with Crippen LogP contribution in [0.2, 0.25) is 0 Å². The number of rotatable bonds is 6. The number of hydrogen-bond acceptors (Lipinski definition) is 4. The number of carbonyl (C=O) groups excluding carboxylic acids is 2. The molecule has 1 unspecified atom stereocenters. The molecule has 29 heavy (non-hydrogen) atoms. The first-order valence-corrected chi connectivity index (χ1v) is 10.1. The SMILES string of the molecule is CC(c1ccccc1)N(C)C(=O)CN1CCC(C(=O)Nc2ccccc2O)CC1. The van der Waals surface area contributed by atoms with E-state index in [-0.39, 0.29) is 29.5 Å². The van der Waals surface area contributed by atoms with Crippen LogP contribution in [0.5, 0.6) is 5.75 Å². The molecule has 6 heteroatoms. The molecule has 1 aliphatic rings. The van der Waals surface area contributed by atoms with Crippen LogP contribution in [0.15, 0.2) is 54.6 Å². The Morgan fingerprint density at radius 2 is 1.72 bits per heavy atom. The normalized spacial score (nSPS) is 16.2. The Bertz CT molecular complexity index is 832. The minimum atomic E-state index is -0.109. The van der Waals surface area contributed by atoms with Gasteiger partial charge in [-0.15, -0.1) is 0 Å². The highest BCUT2D eigenvalue weighted by Crippen LogP contribution is 2.25. The molecule has 6 nitrogen and oxygen atoms in total. The molecular formula is C23H29N3O3. The number of phenols is 1. The topological polar surface area (TPSA) is 72.9 Å².